The van der Waals surface area contributed by atoms with Crippen LogP contribution < -0.4 is 37.2 Å². The number of hydrazine groups is 2. The fourth-order valence-corrected chi connectivity index (χ4v) is 5.27. The molecule has 0 spiro atoms. The molecule has 1 fully saturated rings. The number of nitrogens with zero attached hydrogens (tertiary/aromatic N) is 1. The Morgan fingerprint density at radius 2 is 1.87 bits per heavy atom. The molecule has 38 heavy (non-hydrogen) atoms. The first-order valence-electron chi connectivity index (χ1n) is 13.1. The van der Waals surface area contributed by atoms with E-state index in [4.69, 9.17) is 0 Å². The number of aryl methyl sites for hydroxylation is 1. The summed E-state index contributed by atoms with van der Waals surface area (Å²) in [5.41, 5.74) is 11.9. The largest absolute Gasteiger partial charge is 0.353 e. The van der Waals surface area contributed by atoms with Gasteiger partial charge in [0, 0.05) is 25.1 Å². The molecular weight excluding hydrogens is 486 g/mol. The Morgan fingerprint density at radius 3 is 2.61 bits per heavy atom. The number of hydrogen-bond donors (Lipinski definition) is 6. The summed E-state index contributed by atoms with van der Waals surface area (Å²) in [6.45, 7) is 2.86. The number of hydrogen-bond acceptors (Lipinski definition) is 7. The first kappa shape index (κ1) is 25.8. The summed E-state index contributed by atoms with van der Waals surface area (Å²) in [6.07, 6.45) is 1.77. The van der Waals surface area contributed by atoms with Gasteiger partial charge in [-0.05, 0) is 42.5 Å². The summed E-state index contributed by atoms with van der Waals surface area (Å²) >= 11 is 0. The molecule has 0 aliphatic carbocycles. The molecule has 6 N–H and O–H groups in total. The minimum atomic E-state index is -0.816. The normalized spacial score (nSPS) is 22.8. The van der Waals surface area contributed by atoms with Crippen LogP contribution in [0.3, 0.4) is 0 Å². The van der Waals surface area contributed by atoms with Gasteiger partial charge < -0.3 is 16.0 Å². The zero-order chi connectivity index (χ0) is 26.6. The van der Waals surface area contributed by atoms with Crippen LogP contribution in [0.4, 0.5) is 5.69 Å². The Kier molecular flexibility index (Phi) is 7.68. The molecule has 200 valence electrons. The number of benzene rings is 2. The predicted octanol–water partition coefficient (Wildman–Crippen LogP) is -0.319. The van der Waals surface area contributed by atoms with Gasteiger partial charge in [0.15, 0.2) is 0 Å². The number of rotatable bonds is 8. The lowest BCUT2D eigenvalue weighted by Crippen LogP contribution is -2.57. The van der Waals surface area contributed by atoms with E-state index in [1.165, 1.54) is 0 Å². The predicted molar refractivity (Wildman–Crippen MR) is 141 cm³/mol. The van der Waals surface area contributed by atoms with E-state index in [1.54, 1.807) is 36.1 Å². The summed E-state index contributed by atoms with van der Waals surface area (Å²) in [7, 11) is 0. The Balaban J connectivity index is 1.30. The van der Waals surface area contributed by atoms with Gasteiger partial charge in [-0.2, -0.15) is 5.53 Å². The van der Waals surface area contributed by atoms with Crippen LogP contribution in [0, 0.1) is 0 Å². The molecule has 3 aliphatic heterocycles. The third-order valence-corrected chi connectivity index (χ3v) is 7.33. The van der Waals surface area contributed by atoms with E-state index in [9.17, 15) is 19.2 Å². The van der Waals surface area contributed by atoms with Gasteiger partial charge in [0.25, 0.3) is 5.91 Å². The SMILES string of the molecule is CC[C@H](NC(=O)c1ccccc1)C(=O)N[C@H]1CCc2cccc3c2N(C1=O)[C@H](C(=O)NCC1CNNN1)C3. The Labute approximate surface area is 221 Å². The Hall–Kier alpha value is -3.80. The molecule has 4 atom stereocenters. The minimum absolute atomic E-state index is 0.0298. The zero-order valence-corrected chi connectivity index (χ0v) is 21.3. The van der Waals surface area contributed by atoms with Crippen LogP contribution in [-0.4, -0.2) is 60.9 Å². The molecule has 2 aromatic rings. The molecule has 11 nitrogen and oxygen atoms in total. The first-order chi connectivity index (χ1) is 18.5. The van der Waals surface area contributed by atoms with E-state index in [0.29, 0.717) is 44.3 Å². The van der Waals surface area contributed by atoms with Crippen LogP contribution in [0.1, 0.15) is 41.3 Å². The number of nitrogens with one attached hydrogen (secondary N) is 6. The summed E-state index contributed by atoms with van der Waals surface area (Å²) in [5.74, 6) is -1.32. The van der Waals surface area contributed by atoms with E-state index in [0.717, 1.165) is 16.8 Å². The summed E-state index contributed by atoms with van der Waals surface area (Å²) in [6, 6.07) is 12.3. The Bertz CT molecular complexity index is 1220. The molecule has 5 rings (SSSR count). The smallest absolute Gasteiger partial charge is 0.251 e. The maximum atomic E-state index is 13.8. The van der Waals surface area contributed by atoms with E-state index in [2.05, 4.69) is 32.3 Å². The van der Waals surface area contributed by atoms with Crippen molar-refractivity contribution in [2.24, 2.45) is 0 Å². The van der Waals surface area contributed by atoms with Gasteiger partial charge >= 0.3 is 0 Å². The van der Waals surface area contributed by atoms with Crippen molar-refractivity contribution in [3.63, 3.8) is 0 Å². The molecule has 4 amide bonds. The van der Waals surface area contributed by atoms with E-state index in [1.807, 2.05) is 24.3 Å². The van der Waals surface area contributed by atoms with Gasteiger partial charge in [0.2, 0.25) is 17.7 Å². The average Bonchev–Trinajstić information content (AvgIpc) is 3.58. The van der Waals surface area contributed by atoms with Gasteiger partial charge in [-0.25, -0.2) is 10.9 Å². The van der Waals surface area contributed by atoms with Crippen molar-refractivity contribution in [2.45, 2.75) is 56.8 Å². The van der Waals surface area contributed by atoms with Crippen LogP contribution in [0.15, 0.2) is 48.5 Å². The number of anilines is 1. The van der Waals surface area contributed by atoms with Crippen LogP contribution in [0.25, 0.3) is 0 Å². The fourth-order valence-electron chi connectivity index (χ4n) is 5.27. The van der Waals surface area contributed by atoms with Gasteiger partial charge in [-0.3, -0.25) is 24.1 Å². The third kappa shape index (κ3) is 5.26. The topological polar surface area (TPSA) is 144 Å². The van der Waals surface area contributed by atoms with E-state index >= 15 is 0 Å². The average molecular weight is 520 g/mol. The van der Waals surface area contributed by atoms with Crippen LogP contribution in [0.5, 0.6) is 0 Å². The molecule has 3 aliphatic rings. The van der Waals surface area contributed by atoms with E-state index in [-0.39, 0.29) is 23.8 Å². The van der Waals surface area contributed by atoms with Crippen LogP contribution >= 0.6 is 0 Å². The maximum absolute atomic E-state index is 13.8. The molecule has 11 heteroatoms. The third-order valence-electron chi connectivity index (χ3n) is 7.33. The lowest BCUT2D eigenvalue weighted by Gasteiger charge is -2.29. The molecule has 0 saturated carbocycles. The lowest BCUT2D eigenvalue weighted by molar-refractivity contribution is -0.130. The lowest BCUT2D eigenvalue weighted by atomic mass is 10.0. The summed E-state index contributed by atoms with van der Waals surface area (Å²) in [4.78, 5) is 54.5. The van der Waals surface area contributed by atoms with Crippen molar-refractivity contribution in [3.05, 3.63) is 65.2 Å². The molecular formula is C27H33N7O4. The highest BCUT2D eigenvalue weighted by Crippen LogP contribution is 2.39. The first-order valence-corrected chi connectivity index (χ1v) is 13.1. The second-order valence-electron chi connectivity index (χ2n) is 9.85. The summed E-state index contributed by atoms with van der Waals surface area (Å²) in [5, 5.41) is 8.60. The minimum Gasteiger partial charge on any atom is -0.353 e. The monoisotopic (exact) mass is 519 g/mol. The zero-order valence-electron chi connectivity index (χ0n) is 21.3. The molecule has 0 radical (unpaired) electrons. The van der Waals surface area contributed by atoms with Crippen molar-refractivity contribution < 1.29 is 19.2 Å². The number of carbonyl (C=O) groups is 4. The second-order valence-corrected chi connectivity index (χ2v) is 9.85. The Morgan fingerprint density at radius 1 is 1.08 bits per heavy atom. The molecule has 1 saturated heterocycles. The number of carbonyl (C=O) groups excluding carboxylic acids is 4. The number of para-hydroxylation sites is 1. The van der Waals surface area contributed by atoms with Crippen molar-refractivity contribution in [2.75, 3.05) is 18.0 Å². The molecule has 3 heterocycles. The molecule has 2 aromatic carbocycles. The molecule has 0 bridgehead atoms. The van der Waals surface area contributed by atoms with Crippen LogP contribution in [0.2, 0.25) is 0 Å². The van der Waals surface area contributed by atoms with Crippen molar-refractivity contribution in [3.8, 4) is 0 Å². The highest BCUT2D eigenvalue weighted by atomic mass is 16.2. The van der Waals surface area contributed by atoms with Crippen LogP contribution in [-0.2, 0) is 27.2 Å². The van der Waals surface area contributed by atoms with Crippen molar-refractivity contribution >= 4 is 29.3 Å². The highest BCUT2D eigenvalue weighted by molar-refractivity contribution is 6.08. The highest BCUT2D eigenvalue weighted by Gasteiger charge is 2.44. The quantitative estimate of drug-likeness (QED) is 0.281. The van der Waals surface area contributed by atoms with Gasteiger partial charge in [-0.15, -0.1) is 0 Å². The van der Waals surface area contributed by atoms with Gasteiger partial charge in [-0.1, -0.05) is 43.3 Å². The van der Waals surface area contributed by atoms with Crippen molar-refractivity contribution in [1.29, 1.82) is 0 Å². The second kappa shape index (κ2) is 11.3. The summed E-state index contributed by atoms with van der Waals surface area (Å²) < 4.78 is 0. The standard InChI is InChI=1S/C27H33N7O4/c1-2-20(30-24(35)17-7-4-3-5-8-17)25(36)31-21-12-11-16-9-6-10-18-13-22(34(23(16)18)27(21)38)26(37)28-14-19-15-29-33-32-19/h3-10,19-22,29,32-33H,2,11-15H2,1H3,(H,28,37)(H,30,35)(H,31,36)/t19?,20-,21-,22-/m0/s1. The van der Waals surface area contributed by atoms with Crippen molar-refractivity contribution in [1.82, 2.24) is 32.3 Å². The fraction of sp³-hybridized carbons (Fsp3) is 0.407. The van der Waals surface area contributed by atoms with Gasteiger partial charge in [0.05, 0.1) is 11.7 Å². The van der Waals surface area contributed by atoms with E-state index < -0.39 is 24.0 Å². The maximum Gasteiger partial charge on any atom is 0.251 e. The molecule has 0 aromatic heterocycles. The van der Waals surface area contributed by atoms with Gasteiger partial charge in [0.1, 0.15) is 18.1 Å². The number of amides is 4. The molecule has 1 unspecified atom stereocenters.